The number of ether oxygens (including phenoxy) is 1. The molecule has 3 heteroatoms. The Balaban J connectivity index is 1.23. The van der Waals surface area contributed by atoms with Gasteiger partial charge >= 0.3 is 0 Å². The van der Waals surface area contributed by atoms with Crippen molar-refractivity contribution in [2.75, 3.05) is 26.2 Å². The Labute approximate surface area is 124 Å². The van der Waals surface area contributed by atoms with Crippen LogP contribution in [0.2, 0.25) is 0 Å². The normalized spacial score (nSPS) is 34.0. The fourth-order valence-corrected chi connectivity index (χ4v) is 4.47. The van der Waals surface area contributed by atoms with E-state index >= 15 is 0 Å². The molecule has 1 aliphatic heterocycles. The van der Waals surface area contributed by atoms with Crippen LogP contribution in [-0.4, -0.2) is 43.3 Å². The highest BCUT2D eigenvalue weighted by Crippen LogP contribution is 2.43. The van der Waals surface area contributed by atoms with Gasteiger partial charge in [0.25, 0.3) is 0 Å². The molecule has 0 unspecified atom stereocenters. The molecular weight excluding hydrogens is 248 g/mol. The topological polar surface area (TPSA) is 38.5 Å². The first kappa shape index (κ1) is 14.8. The van der Waals surface area contributed by atoms with Crippen molar-refractivity contribution in [2.24, 2.45) is 11.1 Å². The number of hydrogen-bond donors (Lipinski definition) is 1. The monoisotopic (exact) mass is 280 g/mol. The molecule has 0 amide bonds. The van der Waals surface area contributed by atoms with E-state index in [0.717, 1.165) is 24.9 Å². The van der Waals surface area contributed by atoms with Crippen LogP contribution < -0.4 is 5.73 Å². The zero-order chi connectivity index (χ0) is 13.8. The summed E-state index contributed by atoms with van der Waals surface area (Å²) in [6.45, 7) is 4.92. The van der Waals surface area contributed by atoms with Gasteiger partial charge in [0, 0.05) is 32.3 Å². The molecule has 116 valence electrons. The Kier molecular flexibility index (Phi) is 5.00. The first-order valence-electron chi connectivity index (χ1n) is 8.85. The maximum atomic E-state index is 6.01. The molecule has 0 bridgehead atoms. The maximum Gasteiger partial charge on any atom is 0.0576 e. The SMILES string of the molecule is NC1CCC(OCCCN2CC3(CCCCC3)C2)CC1. The van der Waals surface area contributed by atoms with E-state index in [0.29, 0.717) is 12.1 Å². The van der Waals surface area contributed by atoms with Gasteiger partial charge in [0.15, 0.2) is 0 Å². The lowest BCUT2D eigenvalue weighted by molar-refractivity contribution is -0.0375. The van der Waals surface area contributed by atoms with Crippen LogP contribution in [0.15, 0.2) is 0 Å². The van der Waals surface area contributed by atoms with Crippen LogP contribution in [0.3, 0.4) is 0 Å². The van der Waals surface area contributed by atoms with Gasteiger partial charge in [-0.2, -0.15) is 0 Å². The molecular formula is C17H32N2O. The van der Waals surface area contributed by atoms with Crippen molar-refractivity contribution in [3.8, 4) is 0 Å². The van der Waals surface area contributed by atoms with Gasteiger partial charge in [-0.25, -0.2) is 0 Å². The first-order valence-corrected chi connectivity index (χ1v) is 8.85. The molecule has 20 heavy (non-hydrogen) atoms. The summed E-state index contributed by atoms with van der Waals surface area (Å²) in [5.41, 5.74) is 6.66. The third-order valence-electron chi connectivity index (χ3n) is 5.72. The second-order valence-corrected chi connectivity index (χ2v) is 7.53. The summed E-state index contributed by atoms with van der Waals surface area (Å²) in [6, 6.07) is 0.433. The molecule has 0 aromatic carbocycles. The van der Waals surface area contributed by atoms with Gasteiger partial charge in [0.1, 0.15) is 0 Å². The van der Waals surface area contributed by atoms with E-state index in [-0.39, 0.29) is 0 Å². The number of rotatable bonds is 5. The summed E-state index contributed by atoms with van der Waals surface area (Å²) in [7, 11) is 0. The highest BCUT2D eigenvalue weighted by Gasteiger charge is 2.42. The van der Waals surface area contributed by atoms with Crippen molar-refractivity contribution in [1.82, 2.24) is 4.90 Å². The average Bonchev–Trinajstić information content (AvgIpc) is 2.44. The van der Waals surface area contributed by atoms with Crippen molar-refractivity contribution in [3.63, 3.8) is 0 Å². The molecule has 2 saturated carbocycles. The third-order valence-corrected chi connectivity index (χ3v) is 5.72. The van der Waals surface area contributed by atoms with Gasteiger partial charge in [0.05, 0.1) is 6.10 Å². The quantitative estimate of drug-likeness (QED) is 0.787. The summed E-state index contributed by atoms with van der Waals surface area (Å²) in [4.78, 5) is 2.64. The lowest BCUT2D eigenvalue weighted by atomic mass is 9.68. The zero-order valence-corrected chi connectivity index (χ0v) is 13.0. The van der Waals surface area contributed by atoms with E-state index in [4.69, 9.17) is 10.5 Å². The molecule has 3 nitrogen and oxygen atoms in total. The largest absolute Gasteiger partial charge is 0.378 e. The molecule has 3 rings (SSSR count). The van der Waals surface area contributed by atoms with Crippen molar-refractivity contribution in [1.29, 1.82) is 0 Å². The van der Waals surface area contributed by atoms with Crippen LogP contribution >= 0.6 is 0 Å². The van der Waals surface area contributed by atoms with Crippen LogP contribution in [0.25, 0.3) is 0 Å². The summed E-state index contributed by atoms with van der Waals surface area (Å²) >= 11 is 0. The minimum atomic E-state index is 0.433. The first-order chi connectivity index (χ1) is 9.76. The van der Waals surface area contributed by atoms with Crippen LogP contribution in [0.1, 0.15) is 64.2 Å². The van der Waals surface area contributed by atoms with E-state index in [1.807, 2.05) is 0 Å². The highest BCUT2D eigenvalue weighted by atomic mass is 16.5. The Morgan fingerprint density at radius 2 is 1.70 bits per heavy atom. The molecule has 1 saturated heterocycles. The van der Waals surface area contributed by atoms with E-state index in [1.165, 1.54) is 71.0 Å². The van der Waals surface area contributed by atoms with Gasteiger partial charge in [-0.05, 0) is 50.4 Å². The van der Waals surface area contributed by atoms with Crippen molar-refractivity contribution < 1.29 is 4.74 Å². The zero-order valence-electron chi connectivity index (χ0n) is 13.0. The van der Waals surface area contributed by atoms with Gasteiger partial charge in [-0.3, -0.25) is 0 Å². The van der Waals surface area contributed by atoms with Gasteiger partial charge in [0.2, 0.25) is 0 Å². The van der Waals surface area contributed by atoms with E-state index < -0.39 is 0 Å². The summed E-state index contributed by atoms with van der Waals surface area (Å²) < 4.78 is 6.01. The number of nitrogens with zero attached hydrogens (tertiary/aromatic N) is 1. The second-order valence-electron chi connectivity index (χ2n) is 7.53. The van der Waals surface area contributed by atoms with Crippen molar-refractivity contribution >= 4 is 0 Å². The summed E-state index contributed by atoms with van der Waals surface area (Å²) in [5.74, 6) is 0. The molecule has 2 aliphatic carbocycles. The fourth-order valence-electron chi connectivity index (χ4n) is 4.47. The lowest BCUT2D eigenvalue weighted by Crippen LogP contribution is -2.57. The lowest BCUT2D eigenvalue weighted by Gasteiger charge is -2.52. The fraction of sp³-hybridized carbons (Fsp3) is 1.00. The van der Waals surface area contributed by atoms with Gasteiger partial charge in [-0.1, -0.05) is 19.3 Å². The molecule has 0 atom stereocenters. The van der Waals surface area contributed by atoms with Crippen LogP contribution in [0.5, 0.6) is 0 Å². The van der Waals surface area contributed by atoms with Gasteiger partial charge in [-0.15, -0.1) is 0 Å². The Bertz CT molecular complexity index is 285. The molecule has 2 N–H and O–H groups in total. The molecule has 1 spiro atoms. The molecule has 1 heterocycles. The minimum absolute atomic E-state index is 0.433. The van der Waals surface area contributed by atoms with Gasteiger partial charge < -0.3 is 15.4 Å². The molecule has 0 radical (unpaired) electrons. The van der Waals surface area contributed by atoms with Crippen LogP contribution in [-0.2, 0) is 4.74 Å². The molecule has 0 aromatic heterocycles. The van der Waals surface area contributed by atoms with Crippen LogP contribution in [0, 0.1) is 5.41 Å². The second kappa shape index (κ2) is 6.76. The van der Waals surface area contributed by atoms with Crippen molar-refractivity contribution in [3.05, 3.63) is 0 Å². The predicted octanol–water partition coefficient (Wildman–Crippen LogP) is 2.93. The molecule has 0 aromatic rings. The smallest absolute Gasteiger partial charge is 0.0576 e. The predicted molar refractivity (Wildman–Crippen MR) is 82.8 cm³/mol. The Hall–Kier alpha value is -0.120. The number of likely N-dealkylation sites (tertiary alicyclic amines) is 1. The van der Waals surface area contributed by atoms with Crippen molar-refractivity contribution in [2.45, 2.75) is 76.4 Å². The summed E-state index contributed by atoms with van der Waals surface area (Å²) in [5, 5.41) is 0. The maximum absolute atomic E-state index is 6.01. The average molecular weight is 280 g/mol. The minimum Gasteiger partial charge on any atom is -0.378 e. The number of hydrogen-bond acceptors (Lipinski definition) is 3. The summed E-state index contributed by atoms with van der Waals surface area (Å²) in [6.07, 6.45) is 13.8. The Morgan fingerprint density at radius 1 is 1.00 bits per heavy atom. The third kappa shape index (κ3) is 3.75. The standard InChI is InChI=1S/C17H32N2O/c18-15-5-7-16(8-6-15)20-12-4-11-19-13-17(14-19)9-2-1-3-10-17/h15-16H,1-14,18H2. The van der Waals surface area contributed by atoms with E-state index in [1.54, 1.807) is 0 Å². The number of nitrogens with two attached hydrogens (primary N) is 1. The highest BCUT2D eigenvalue weighted by molar-refractivity contribution is 4.96. The molecule has 3 aliphatic rings. The molecule has 3 fully saturated rings. The van der Waals surface area contributed by atoms with E-state index in [2.05, 4.69) is 4.90 Å². The Morgan fingerprint density at radius 3 is 2.40 bits per heavy atom. The van der Waals surface area contributed by atoms with Crippen LogP contribution in [0.4, 0.5) is 0 Å². The van der Waals surface area contributed by atoms with E-state index in [9.17, 15) is 0 Å².